The Morgan fingerprint density at radius 2 is 1.09 bits per heavy atom. The molecule has 1 aliphatic heterocycles. The smallest absolute Gasteiger partial charge is 0.277 e. The number of quaternary nitrogens is 1. The largest absolute Gasteiger partial charge is 1.00 e. The number of hydrazone groups is 1. The zero-order chi connectivity index (χ0) is 20.9. The number of hydrogen-bond acceptors (Lipinski definition) is 3. The van der Waals surface area contributed by atoms with E-state index in [0.717, 1.165) is 28.3 Å². The molecule has 32 heavy (non-hydrogen) atoms. The van der Waals surface area contributed by atoms with Gasteiger partial charge >= 0.3 is 0 Å². The first-order valence-electron chi connectivity index (χ1n) is 10.3. The van der Waals surface area contributed by atoms with Crippen LogP contribution < -0.4 is 28.1 Å². The van der Waals surface area contributed by atoms with Crippen LogP contribution in [-0.4, -0.2) is 5.84 Å². The Hall–Kier alpha value is -3.86. The Morgan fingerprint density at radius 3 is 1.72 bits per heavy atom. The average molecular weight is 439 g/mol. The van der Waals surface area contributed by atoms with Crippen LogP contribution in [0, 0.1) is 0 Å². The van der Waals surface area contributed by atoms with Gasteiger partial charge in [0, 0.05) is 0 Å². The normalized spacial score (nSPS) is 13.2. The first-order valence-corrected chi connectivity index (χ1v) is 10.3. The van der Waals surface area contributed by atoms with Crippen molar-refractivity contribution in [3.63, 3.8) is 0 Å². The minimum absolute atomic E-state index is 0. The predicted octanol–water partition coefficient (Wildman–Crippen LogP) is 1.94. The molecule has 0 saturated carbocycles. The Kier molecular flexibility index (Phi) is 6.66. The second-order valence-electron chi connectivity index (χ2n) is 7.29. The van der Waals surface area contributed by atoms with E-state index >= 15 is 0 Å². The molecule has 0 atom stereocenters. The van der Waals surface area contributed by atoms with Crippen molar-refractivity contribution in [3.8, 4) is 0 Å². The van der Waals surface area contributed by atoms with E-state index < -0.39 is 0 Å². The Morgan fingerprint density at radius 1 is 0.562 bits per heavy atom. The second-order valence-corrected chi connectivity index (χ2v) is 7.29. The summed E-state index contributed by atoms with van der Waals surface area (Å²) in [6, 6.07) is 39.3. The van der Waals surface area contributed by atoms with Gasteiger partial charge in [0.2, 0.25) is 0 Å². The highest BCUT2D eigenvalue weighted by atomic mass is 35.5. The average Bonchev–Trinajstić information content (AvgIpc) is 3.30. The van der Waals surface area contributed by atoms with Gasteiger partial charge in [0.25, 0.3) is 5.84 Å². The van der Waals surface area contributed by atoms with Crippen molar-refractivity contribution < 1.29 is 17.8 Å². The van der Waals surface area contributed by atoms with Gasteiger partial charge in [0.05, 0.1) is 11.3 Å². The molecule has 2 N–H and O–H groups in total. The van der Waals surface area contributed by atoms with E-state index in [2.05, 4.69) is 83.4 Å². The number of nitrogens with two attached hydrogens (primary N) is 1. The standard InChI is InChI=1S/C27H22N4.ClH/c1-4-10-22(11-5-1)16-17-23-18-20-26(21-19-23)31-29-27(24-12-6-2-7-13-24)28-30(31)25-14-8-3-9-15-25;/h1-21H,(H,28,29);1H. The van der Waals surface area contributed by atoms with E-state index in [1.165, 1.54) is 5.56 Å². The van der Waals surface area contributed by atoms with E-state index in [0.29, 0.717) is 0 Å². The van der Waals surface area contributed by atoms with Crippen LogP contribution in [0.4, 0.5) is 11.4 Å². The minimum atomic E-state index is 0. The van der Waals surface area contributed by atoms with Crippen molar-refractivity contribution >= 4 is 29.4 Å². The molecular weight excluding hydrogens is 416 g/mol. The van der Waals surface area contributed by atoms with Gasteiger partial charge in [-0.25, -0.2) is 0 Å². The monoisotopic (exact) mass is 438 g/mol. The predicted molar refractivity (Wildman–Crippen MR) is 128 cm³/mol. The number of rotatable bonds is 5. The molecule has 4 aromatic rings. The highest BCUT2D eigenvalue weighted by molar-refractivity contribution is 5.93. The molecule has 0 aromatic heterocycles. The number of hydrazine groups is 1. The summed E-state index contributed by atoms with van der Waals surface area (Å²) in [5.41, 5.74) is 7.57. The van der Waals surface area contributed by atoms with Crippen LogP contribution in [0.15, 0.2) is 120 Å². The first kappa shape index (κ1) is 21.4. The summed E-state index contributed by atoms with van der Waals surface area (Å²) in [7, 11) is 0. The zero-order valence-corrected chi connectivity index (χ0v) is 18.2. The van der Waals surface area contributed by atoms with Crippen molar-refractivity contribution in [2.45, 2.75) is 0 Å². The van der Waals surface area contributed by atoms with Crippen molar-refractivity contribution in [2.75, 3.05) is 10.2 Å². The SMILES string of the molecule is C(=Cc1ccc(N2N=C(c3ccccc3)[NH2+]N2c2ccccc2)cc1)c1ccccc1.[Cl-]. The topological polar surface area (TPSA) is 35.5 Å². The Bertz CT molecular complexity index is 1190. The van der Waals surface area contributed by atoms with Crippen LogP contribution in [-0.2, 0) is 0 Å². The van der Waals surface area contributed by atoms with Gasteiger partial charge in [-0.1, -0.05) is 96.1 Å². The van der Waals surface area contributed by atoms with Gasteiger partial charge in [-0.2, -0.15) is 5.43 Å². The number of benzene rings is 4. The lowest BCUT2D eigenvalue weighted by Crippen LogP contribution is -3.00. The highest BCUT2D eigenvalue weighted by Gasteiger charge is 2.30. The maximum absolute atomic E-state index is 4.91. The van der Waals surface area contributed by atoms with E-state index in [9.17, 15) is 0 Å². The first-order chi connectivity index (χ1) is 15.4. The molecule has 4 aromatic carbocycles. The minimum Gasteiger partial charge on any atom is -1.00 e. The molecule has 0 unspecified atom stereocenters. The molecule has 4 nitrogen and oxygen atoms in total. The summed E-state index contributed by atoms with van der Waals surface area (Å²) in [6.07, 6.45) is 4.25. The summed E-state index contributed by atoms with van der Waals surface area (Å²) in [6.45, 7) is 0. The van der Waals surface area contributed by atoms with E-state index in [4.69, 9.17) is 5.10 Å². The highest BCUT2D eigenvalue weighted by Crippen LogP contribution is 2.23. The third-order valence-corrected chi connectivity index (χ3v) is 5.13. The number of halogens is 1. The van der Waals surface area contributed by atoms with Crippen LogP contribution >= 0.6 is 0 Å². The van der Waals surface area contributed by atoms with E-state index in [1.54, 1.807) is 0 Å². The Balaban J connectivity index is 0.00000245. The number of anilines is 2. The maximum Gasteiger partial charge on any atom is 0.277 e. The molecule has 5 rings (SSSR count). The summed E-state index contributed by atoms with van der Waals surface area (Å²) in [5.74, 6) is 0.928. The molecule has 1 heterocycles. The molecule has 5 heteroatoms. The molecule has 0 radical (unpaired) electrons. The number of nitrogens with zero attached hydrogens (tertiary/aromatic N) is 3. The third-order valence-electron chi connectivity index (χ3n) is 5.13. The van der Waals surface area contributed by atoms with Crippen LogP contribution in [0.2, 0.25) is 0 Å². The van der Waals surface area contributed by atoms with Gasteiger partial charge in [0.15, 0.2) is 0 Å². The van der Waals surface area contributed by atoms with Gasteiger partial charge in [-0.05, 0) is 47.5 Å². The summed E-state index contributed by atoms with van der Waals surface area (Å²) in [5, 5.41) is 8.94. The lowest BCUT2D eigenvalue weighted by atomic mass is 10.1. The zero-order valence-electron chi connectivity index (χ0n) is 17.4. The maximum atomic E-state index is 4.91. The number of para-hydroxylation sites is 1. The summed E-state index contributed by atoms with van der Waals surface area (Å²) >= 11 is 0. The molecule has 0 aliphatic carbocycles. The van der Waals surface area contributed by atoms with Crippen LogP contribution in [0.5, 0.6) is 0 Å². The van der Waals surface area contributed by atoms with Gasteiger partial charge in [-0.15, -0.1) is 10.2 Å². The van der Waals surface area contributed by atoms with Crippen molar-refractivity contribution in [2.24, 2.45) is 5.10 Å². The van der Waals surface area contributed by atoms with Crippen LogP contribution in [0.25, 0.3) is 12.2 Å². The molecular formula is C27H23ClN4. The molecule has 0 amide bonds. The van der Waals surface area contributed by atoms with Gasteiger partial charge in [0.1, 0.15) is 5.69 Å². The van der Waals surface area contributed by atoms with Gasteiger partial charge in [-0.3, -0.25) is 0 Å². The van der Waals surface area contributed by atoms with Crippen LogP contribution in [0.1, 0.15) is 16.7 Å². The fourth-order valence-electron chi connectivity index (χ4n) is 3.51. The molecule has 0 fully saturated rings. The fourth-order valence-corrected chi connectivity index (χ4v) is 3.51. The van der Waals surface area contributed by atoms with Crippen molar-refractivity contribution in [1.82, 2.24) is 0 Å². The lowest BCUT2D eigenvalue weighted by molar-refractivity contribution is -0.545. The second kappa shape index (κ2) is 9.96. The van der Waals surface area contributed by atoms with Gasteiger partial charge < -0.3 is 12.4 Å². The van der Waals surface area contributed by atoms with E-state index in [1.807, 2.05) is 59.7 Å². The molecule has 1 aliphatic rings. The molecule has 0 saturated heterocycles. The summed E-state index contributed by atoms with van der Waals surface area (Å²) < 4.78 is 0. The number of amidine groups is 1. The molecule has 0 bridgehead atoms. The number of hydrogen-bond donors (Lipinski definition) is 1. The summed E-state index contributed by atoms with van der Waals surface area (Å²) in [4.78, 5) is 0. The Labute approximate surface area is 194 Å². The quantitative estimate of drug-likeness (QED) is 0.382. The fraction of sp³-hybridized carbons (Fsp3) is 0. The van der Waals surface area contributed by atoms with E-state index in [-0.39, 0.29) is 12.4 Å². The van der Waals surface area contributed by atoms with Crippen molar-refractivity contribution in [1.29, 1.82) is 0 Å². The molecule has 0 spiro atoms. The lowest BCUT2D eigenvalue weighted by Gasteiger charge is -2.23. The van der Waals surface area contributed by atoms with Crippen LogP contribution in [0.3, 0.4) is 0 Å². The molecule has 158 valence electrons. The van der Waals surface area contributed by atoms with Crippen molar-refractivity contribution in [3.05, 3.63) is 132 Å². The third kappa shape index (κ3) is 4.72.